The third-order valence-electron chi connectivity index (χ3n) is 12.8. The first kappa shape index (κ1) is 53.6. The van der Waals surface area contributed by atoms with Crippen molar-refractivity contribution >= 4 is 45.8 Å². The van der Waals surface area contributed by atoms with Gasteiger partial charge in [0.25, 0.3) is 11.4 Å². The number of non-ortho nitro benzene ring substituents is 2. The van der Waals surface area contributed by atoms with Crippen LogP contribution < -0.4 is 50.3 Å². The van der Waals surface area contributed by atoms with Crippen molar-refractivity contribution < 1.29 is 39.0 Å². The number of nitro groups is 2. The van der Waals surface area contributed by atoms with Gasteiger partial charge in [0.15, 0.2) is 11.7 Å². The molecular formula is C54H62N12O10. The Bertz CT molecular complexity index is 2790. The molecule has 2 heterocycles. The molecule has 76 heavy (non-hydrogen) atoms. The lowest BCUT2D eigenvalue weighted by Gasteiger charge is -2.30. The molecule has 0 amide bonds. The first-order chi connectivity index (χ1) is 36.8. The fourth-order valence-corrected chi connectivity index (χ4v) is 8.48. The first-order valence-corrected chi connectivity index (χ1v) is 24.9. The topological polar surface area (TPSA) is 232 Å². The van der Waals surface area contributed by atoms with Crippen molar-refractivity contribution in [3.8, 4) is 34.1 Å². The molecular weight excluding hydrogens is 977 g/mol. The van der Waals surface area contributed by atoms with Gasteiger partial charge in [-0.1, -0.05) is 39.8 Å². The van der Waals surface area contributed by atoms with E-state index in [2.05, 4.69) is 20.7 Å². The number of hydrogen-bond acceptors (Lipinski definition) is 20. The number of anilines is 4. The number of aliphatic hydroxyl groups is 2. The minimum atomic E-state index is -0.654. The van der Waals surface area contributed by atoms with Gasteiger partial charge in [0.05, 0.1) is 35.4 Å². The number of nitro benzene ring substituents is 2. The van der Waals surface area contributed by atoms with Gasteiger partial charge in [-0.2, -0.15) is 20.5 Å². The number of hydrazone groups is 2. The zero-order valence-corrected chi connectivity index (χ0v) is 43.1. The summed E-state index contributed by atoms with van der Waals surface area (Å²) >= 11 is 0. The van der Waals surface area contributed by atoms with Crippen molar-refractivity contribution in [2.75, 3.05) is 87.2 Å². The van der Waals surface area contributed by atoms with Crippen molar-refractivity contribution in [2.45, 2.75) is 39.9 Å². The van der Waals surface area contributed by atoms with E-state index in [1.807, 2.05) is 88.4 Å². The van der Waals surface area contributed by atoms with E-state index in [4.69, 9.17) is 29.2 Å². The molecule has 2 aliphatic heterocycles. The highest BCUT2D eigenvalue weighted by molar-refractivity contribution is 6.03. The average Bonchev–Trinajstić information content (AvgIpc) is 4.11. The summed E-state index contributed by atoms with van der Waals surface area (Å²) in [5.74, 6) is 3.00. The molecule has 0 fully saturated rings. The highest BCUT2D eigenvalue weighted by atomic mass is 16.6. The van der Waals surface area contributed by atoms with Crippen molar-refractivity contribution in [1.82, 2.24) is 20.7 Å². The van der Waals surface area contributed by atoms with Crippen LogP contribution in [0.15, 0.2) is 144 Å². The molecule has 0 saturated carbocycles. The first-order valence-electron chi connectivity index (χ1n) is 24.9. The van der Waals surface area contributed by atoms with Gasteiger partial charge in [-0.05, 0) is 134 Å². The Kier molecular flexibility index (Phi) is 17.3. The van der Waals surface area contributed by atoms with Gasteiger partial charge < -0.3 is 39.0 Å². The van der Waals surface area contributed by atoms with Crippen LogP contribution in [-0.2, 0) is 0 Å². The molecule has 2 unspecified atom stereocenters. The lowest BCUT2D eigenvalue weighted by molar-refractivity contribution is -0.385. The summed E-state index contributed by atoms with van der Waals surface area (Å²) in [7, 11) is 3.11. The van der Waals surface area contributed by atoms with Crippen LogP contribution in [0.1, 0.15) is 38.8 Å². The molecule has 4 N–H and O–H groups in total. The Balaban J connectivity index is 1.04. The number of amidine groups is 2. The third-order valence-corrected chi connectivity index (χ3v) is 12.8. The van der Waals surface area contributed by atoms with Crippen LogP contribution >= 0.6 is 0 Å². The summed E-state index contributed by atoms with van der Waals surface area (Å²) in [6.07, 6.45) is -1.31. The standard InChI is InChI=1S/C54H62N12O10/c1-7-59(8-2)33-45(67)35-75-47-25-11-37(12-26-47)53-55-61(41-17-21-43(22-18-41)65(69)70)63(57-53)49-29-15-39(31-51(49)73-5)40-16-30-50(52(32-40)74-6)64-58-54(56-62(64)42-19-23-44(24-20-42)66(71)72)38-13-27-48(28-14-38)76-36-46(68)34-60(9-3)10-4/h11-32,45-46,67-68H,7-10,33-36H2,1-6H3,(H,55,57)(H,56,58). The van der Waals surface area contributed by atoms with Gasteiger partial charge in [-0.25, -0.2) is 0 Å². The van der Waals surface area contributed by atoms with Crippen LogP contribution in [0.5, 0.6) is 23.0 Å². The minimum Gasteiger partial charge on any atom is -0.494 e. The summed E-state index contributed by atoms with van der Waals surface area (Å²) < 4.78 is 23.9. The maximum atomic E-state index is 11.6. The SMILES string of the molecule is CCN(CC)CC(O)COc1ccc(C2=NN(c3ccc([N+](=O)[O-])cc3)N(c3ccc(-c4ccc(N5NC(c6ccc(OCC(O)CN(CC)CC)cc6)=NN5c5ccc([N+](=O)[O-])cc5)c(OC)c4)cc3OC)N2)cc1. The van der Waals surface area contributed by atoms with Gasteiger partial charge in [0.2, 0.25) is 0 Å². The van der Waals surface area contributed by atoms with Crippen LogP contribution in [0.3, 0.4) is 0 Å². The molecule has 2 atom stereocenters. The molecule has 2 aliphatic rings. The summed E-state index contributed by atoms with van der Waals surface area (Å²) in [6.45, 7) is 12.8. The zero-order valence-electron chi connectivity index (χ0n) is 43.1. The predicted octanol–water partition coefficient (Wildman–Crippen LogP) is 7.57. The van der Waals surface area contributed by atoms with Crippen LogP contribution in [-0.4, -0.2) is 120 Å². The number of nitrogens with one attached hydrogen (secondary N) is 2. The van der Waals surface area contributed by atoms with Gasteiger partial charge in [0, 0.05) is 48.5 Å². The van der Waals surface area contributed by atoms with Crippen LogP contribution in [0, 0.1) is 20.2 Å². The Morgan fingerprint density at radius 2 is 0.868 bits per heavy atom. The second-order valence-electron chi connectivity index (χ2n) is 17.6. The Hall–Kier alpha value is -8.70. The van der Waals surface area contributed by atoms with Crippen LogP contribution in [0.25, 0.3) is 11.1 Å². The molecule has 0 aromatic heterocycles. The zero-order chi connectivity index (χ0) is 53.9. The number of methoxy groups -OCH3 is 2. The van der Waals surface area contributed by atoms with Gasteiger partial charge in [-0.3, -0.25) is 31.1 Å². The summed E-state index contributed by atoms with van der Waals surface area (Å²) in [6, 6.07) is 37.9. The molecule has 0 aliphatic carbocycles. The Morgan fingerprint density at radius 1 is 0.526 bits per heavy atom. The lowest BCUT2D eigenvalue weighted by atomic mass is 10.0. The number of ether oxygens (including phenoxy) is 4. The second-order valence-corrected chi connectivity index (χ2v) is 17.6. The van der Waals surface area contributed by atoms with E-state index in [0.29, 0.717) is 81.6 Å². The smallest absolute Gasteiger partial charge is 0.269 e. The van der Waals surface area contributed by atoms with E-state index >= 15 is 0 Å². The van der Waals surface area contributed by atoms with Crippen LogP contribution in [0.4, 0.5) is 34.1 Å². The molecule has 22 nitrogen and oxygen atoms in total. The van der Waals surface area contributed by atoms with E-state index in [1.165, 1.54) is 24.3 Å². The molecule has 0 saturated heterocycles. The van der Waals surface area contributed by atoms with Gasteiger partial charge >= 0.3 is 0 Å². The van der Waals surface area contributed by atoms with E-state index < -0.39 is 22.1 Å². The fourth-order valence-electron chi connectivity index (χ4n) is 8.48. The number of nitrogens with zero attached hydrogens (tertiary/aromatic N) is 10. The number of aliphatic hydroxyl groups excluding tert-OH is 2. The van der Waals surface area contributed by atoms with Gasteiger partial charge in [-0.15, -0.1) is 10.2 Å². The lowest BCUT2D eigenvalue weighted by Crippen LogP contribution is -2.45. The fraction of sp³-hybridized carbons (Fsp3) is 0.296. The van der Waals surface area contributed by atoms with E-state index in [9.17, 15) is 30.4 Å². The number of hydrogen-bond donors (Lipinski definition) is 4. The quantitative estimate of drug-likeness (QED) is 0.0320. The number of rotatable bonds is 25. The molecule has 0 spiro atoms. The number of likely N-dealkylation sites (N-methyl/N-ethyl adjacent to an activating group) is 2. The summed E-state index contributed by atoms with van der Waals surface area (Å²) in [5.41, 5.74) is 11.8. The Labute approximate surface area is 440 Å². The van der Waals surface area contributed by atoms with E-state index in [-0.39, 0.29) is 24.6 Å². The minimum absolute atomic E-state index is 0.0731. The highest BCUT2D eigenvalue weighted by Gasteiger charge is 2.32. The molecule has 6 aromatic carbocycles. The highest BCUT2D eigenvalue weighted by Crippen LogP contribution is 2.40. The van der Waals surface area contributed by atoms with E-state index in [0.717, 1.165) is 37.3 Å². The monoisotopic (exact) mass is 1040 g/mol. The molecule has 6 aromatic rings. The normalized spacial score (nSPS) is 14.0. The van der Waals surface area contributed by atoms with Gasteiger partial charge in [0.1, 0.15) is 59.8 Å². The second kappa shape index (κ2) is 24.6. The summed E-state index contributed by atoms with van der Waals surface area (Å²) in [5, 5.41) is 60.6. The van der Waals surface area contributed by atoms with Crippen molar-refractivity contribution in [3.63, 3.8) is 0 Å². The molecule has 8 rings (SSSR count). The largest absolute Gasteiger partial charge is 0.494 e. The molecule has 0 bridgehead atoms. The number of hydrazine groups is 4. The maximum absolute atomic E-state index is 11.6. The molecule has 22 heteroatoms. The van der Waals surface area contributed by atoms with E-state index in [1.54, 1.807) is 83.2 Å². The maximum Gasteiger partial charge on any atom is 0.269 e. The molecule has 0 radical (unpaired) electrons. The third kappa shape index (κ3) is 12.4. The van der Waals surface area contributed by atoms with Crippen LogP contribution in [0.2, 0.25) is 0 Å². The number of benzene rings is 6. The molecule has 398 valence electrons. The summed E-state index contributed by atoms with van der Waals surface area (Å²) in [4.78, 5) is 26.5. The average molecular weight is 1040 g/mol. The van der Waals surface area contributed by atoms with Crippen molar-refractivity contribution in [3.05, 3.63) is 165 Å². The van der Waals surface area contributed by atoms with Crippen molar-refractivity contribution in [2.24, 2.45) is 10.2 Å². The van der Waals surface area contributed by atoms with Crippen molar-refractivity contribution in [1.29, 1.82) is 0 Å². The predicted molar refractivity (Wildman–Crippen MR) is 292 cm³/mol. The Morgan fingerprint density at radius 3 is 1.18 bits per heavy atom.